The van der Waals surface area contributed by atoms with Crippen LogP contribution in [0.4, 0.5) is 0 Å². The molecule has 0 unspecified atom stereocenters. The van der Waals surface area contributed by atoms with Crippen LogP contribution in [0.1, 0.15) is 27.2 Å². The van der Waals surface area contributed by atoms with Crippen LogP contribution >= 0.6 is 0 Å². The molecule has 1 heterocycles. The highest BCUT2D eigenvalue weighted by Gasteiger charge is 2.09. The molecule has 0 radical (unpaired) electrons. The Morgan fingerprint density at radius 2 is 1.92 bits per heavy atom. The van der Waals surface area contributed by atoms with Gasteiger partial charge in [-0.05, 0) is 24.6 Å². The Labute approximate surface area is 151 Å². The monoisotopic (exact) mass is 349 g/mol. The topological polar surface area (TPSA) is 76.7 Å². The Kier molecular flexibility index (Phi) is 5.43. The molecule has 0 aliphatic carbocycles. The number of amides is 1. The number of nitrogens with one attached hydrogen (secondary N) is 1. The van der Waals surface area contributed by atoms with Gasteiger partial charge in [-0.25, -0.2) is 0 Å². The van der Waals surface area contributed by atoms with Gasteiger partial charge in [0, 0.05) is 17.2 Å². The molecule has 1 amide bonds. The quantitative estimate of drug-likeness (QED) is 0.545. The third-order valence-electron chi connectivity index (χ3n) is 3.81. The van der Waals surface area contributed by atoms with Crippen LogP contribution in [0.2, 0.25) is 0 Å². The molecule has 3 aromatic rings. The number of nitrogens with zero attached hydrogens (tertiary/aromatic N) is 2. The molecule has 0 bridgehead atoms. The molecule has 0 fully saturated rings. The predicted molar refractivity (Wildman–Crippen MR) is 98.9 cm³/mol. The minimum Gasteiger partial charge on any atom is -0.399 e. The number of oxime groups is 1. The molecule has 0 atom stereocenters. The summed E-state index contributed by atoms with van der Waals surface area (Å²) in [5.74, 6) is 0.440. The highest BCUT2D eigenvalue weighted by Crippen LogP contribution is 2.19. The standard InChI is InChI=1S/C20H19N3O3/c1-14-3-7-17(8-4-14)20(24)21-13-18-11-19(23-26-18)16-9-5-15(6-10-16)12-22-25-2/h3-12H,13H2,1-2H3,(H,21,24)/b22-12+. The summed E-state index contributed by atoms with van der Waals surface area (Å²) >= 11 is 0. The van der Waals surface area contributed by atoms with Crippen molar-refractivity contribution < 1.29 is 14.2 Å². The van der Waals surface area contributed by atoms with Gasteiger partial charge in [0.25, 0.3) is 5.91 Å². The number of benzene rings is 2. The maximum Gasteiger partial charge on any atom is 0.251 e. The lowest BCUT2D eigenvalue weighted by molar-refractivity contribution is 0.0947. The number of carbonyl (C=O) groups is 1. The third kappa shape index (κ3) is 4.36. The van der Waals surface area contributed by atoms with Crippen molar-refractivity contribution in [3.8, 4) is 11.3 Å². The van der Waals surface area contributed by atoms with Gasteiger partial charge in [-0.1, -0.05) is 52.3 Å². The van der Waals surface area contributed by atoms with Gasteiger partial charge in [0.05, 0.1) is 12.8 Å². The minimum atomic E-state index is -0.148. The number of aryl methyl sites for hydroxylation is 1. The minimum absolute atomic E-state index is 0.148. The van der Waals surface area contributed by atoms with Gasteiger partial charge in [-0.3, -0.25) is 4.79 Å². The Hall–Kier alpha value is -3.41. The predicted octanol–water partition coefficient (Wildman–Crippen LogP) is 3.56. The number of aromatic nitrogens is 1. The average Bonchev–Trinajstić information content (AvgIpc) is 3.14. The smallest absolute Gasteiger partial charge is 0.251 e. The van der Waals surface area contributed by atoms with Gasteiger partial charge < -0.3 is 14.7 Å². The first-order valence-corrected chi connectivity index (χ1v) is 8.13. The molecular formula is C20H19N3O3. The first-order valence-electron chi connectivity index (χ1n) is 8.13. The zero-order valence-electron chi connectivity index (χ0n) is 14.6. The summed E-state index contributed by atoms with van der Waals surface area (Å²) in [5.41, 5.74) is 4.27. The first kappa shape index (κ1) is 17.4. The fraction of sp³-hybridized carbons (Fsp3) is 0.150. The second-order valence-electron chi connectivity index (χ2n) is 5.77. The zero-order chi connectivity index (χ0) is 18.4. The van der Waals surface area contributed by atoms with Crippen LogP contribution in [-0.4, -0.2) is 24.4 Å². The molecule has 2 aromatic carbocycles. The maximum atomic E-state index is 12.1. The number of rotatable bonds is 6. The van der Waals surface area contributed by atoms with Gasteiger partial charge >= 0.3 is 0 Å². The van der Waals surface area contributed by atoms with E-state index in [0.29, 0.717) is 17.0 Å². The van der Waals surface area contributed by atoms with Crippen molar-refractivity contribution in [2.24, 2.45) is 5.16 Å². The summed E-state index contributed by atoms with van der Waals surface area (Å²) in [6.45, 7) is 2.26. The zero-order valence-corrected chi connectivity index (χ0v) is 14.6. The van der Waals surface area contributed by atoms with Crippen LogP contribution in [-0.2, 0) is 11.4 Å². The number of hydrogen-bond donors (Lipinski definition) is 1. The Bertz CT molecular complexity index is 897. The second kappa shape index (κ2) is 8.11. The van der Waals surface area contributed by atoms with E-state index < -0.39 is 0 Å². The van der Waals surface area contributed by atoms with E-state index in [1.807, 2.05) is 49.4 Å². The molecule has 6 heteroatoms. The van der Waals surface area contributed by atoms with Crippen molar-refractivity contribution in [3.05, 3.63) is 77.0 Å². The van der Waals surface area contributed by atoms with Crippen molar-refractivity contribution in [3.63, 3.8) is 0 Å². The SMILES string of the molecule is CO/N=C/c1ccc(-c2cc(CNC(=O)c3ccc(C)cc3)on2)cc1. The van der Waals surface area contributed by atoms with E-state index in [1.54, 1.807) is 18.3 Å². The summed E-state index contributed by atoms with van der Waals surface area (Å²) in [4.78, 5) is 16.8. The fourth-order valence-electron chi connectivity index (χ4n) is 2.36. The van der Waals surface area contributed by atoms with Crippen LogP contribution in [0.25, 0.3) is 11.3 Å². The average molecular weight is 349 g/mol. The summed E-state index contributed by atoms with van der Waals surface area (Å²) < 4.78 is 5.31. The molecule has 1 N–H and O–H groups in total. The lowest BCUT2D eigenvalue weighted by atomic mass is 10.1. The van der Waals surface area contributed by atoms with E-state index in [0.717, 1.165) is 16.7 Å². The molecule has 0 aliphatic heterocycles. The first-order chi connectivity index (χ1) is 12.7. The molecule has 132 valence electrons. The lowest BCUT2D eigenvalue weighted by Crippen LogP contribution is -2.22. The van der Waals surface area contributed by atoms with Crippen LogP contribution in [0.3, 0.4) is 0 Å². The summed E-state index contributed by atoms with van der Waals surface area (Å²) in [6.07, 6.45) is 1.62. The van der Waals surface area contributed by atoms with Gasteiger partial charge in [-0.2, -0.15) is 0 Å². The fourth-order valence-corrected chi connectivity index (χ4v) is 2.36. The molecule has 0 saturated carbocycles. The second-order valence-corrected chi connectivity index (χ2v) is 5.77. The molecule has 6 nitrogen and oxygen atoms in total. The van der Waals surface area contributed by atoms with Crippen molar-refractivity contribution in [2.45, 2.75) is 13.5 Å². The van der Waals surface area contributed by atoms with Crippen molar-refractivity contribution in [1.82, 2.24) is 10.5 Å². The third-order valence-corrected chi connectivity index (χ3v) is 3.81. The van der Waals surface area contributed by atoms with Crippen molar-refractivity contribution in [1.29, 1.82) is 0 Å². The van der Waals surface area contributed by atoms with Crippen LogP contribution in [0.5, 0.6) is 0 Å². The summed E-state index contributed by atoms with van der Waals surface area (Å²) in [7, 11) is 1.50. The van der Waals surface area contributed by atoms with Crippen LogP contribution in [0.15, 0.2) is 64.3 Å². The molecule has 0 aliphatic rings. The maximum absolute atomic E-state index is 12.1. The van der Waals surface area contributed by atoms with Gasteiger partial charge in [0.15, 0.2) is 5.76 Å². The summed E-state index contributed by atoms with van der Waals surface area (Å²) in [6, 6.07) is 16.9. The molecule has 3 rings (SSSR count). The van der Waals surface area contributed by atoms with Gasteiger partial charge in [-0.15, -0.1) is 0 Å². The van der Waals surface area contributed by atoms with E-state index >= 15 is 0 Å². The van der Waals surface area contributed by atoms with E-state index in [-0.39, 0.29) is 12.5 Å². The molecule has 0 spiro atoms. The van der Waals surface area contributed by atoms with Crippen molar-refractivity contribution >= 4 is 12.1 Å². The van der Waals surface area contributed by atoms with E-state index in [2.05, 4.69) is 20.5 Å². The largest absolute Gasteiger partial charge is 0.399 e. The molecule has 0 saturated heterocycles. The van der Waals surface area contributed by atoms with E-state index in [1.165, 1.54) is 7.11 Å². The Balaban J connectivity index is 1.61. The van der Waals surface area contributed by atoms with E-state index in [4.69, 9.17) is 4.52 Å². The molecule has 1 aromatic heterocycles. The normalized spacial score (nSPS) is 10.8. The van der Waals surface area contributed by atoms with Crippen LogP contribution < -0.4 is 5.32 Å². The van der Waals surface area contributed by atoms with Crippen LogP contribution in [0, 0.1) is 6.92 Å². The summed E-state index contributed by atoms with van der Waals surface area (Å²) in [5, 5.41) is 10.6. The Morgan fingerprint density at radius 3 is 2.62 bits per heavy atom. The lowest BCUT2D eigenvalue weighted by Gasteiger charge is -2.03. The van der Waals surface area contributed by atoms with Crippen molar-refractivity contribution in [2.75, 3.05) is 7.11 Å². The van der Waals surface area contributed by atoms with Gasteiger partial charge in [0.1, 0.15) is 12.8 Å². The van der Waals surface area contributed by atoms with Gasteiger partial charge in [0.2, 0.25) is 0 Å². The highest BCUT2D eigenvalue weighted by molar-refractivity contribution is 5.94. The molecule has 26 heavy (non-hydrogen) atoms. The number of carbonyl (C=O) groups excluding carboxylic acids is 1. The number of hydrogen-bond acceptors (Lipinski definition) is 5. The van der Waals surface area contributed by atoms with E-state index in [9.17, 15) is 4.79 Å². The Morgan fingerprint density at radius 1 is 1.19 bits per heavy atom. The molecular weight excluding hydrogens is 330 g/mol. The highest BCUT2D eigenvalue weighted by atomic mass is 16.6.